The normalized spacial score (nSPS) is 15.3. The van der Waals surface area contributed by atoms with Crippen LogP contribution in [0.4, 0.5) is 11.4 Å². The topological polar surface area (TPSA) is 101 Å². The van der Waals surface area contributed by atoms with Gasteiger partial charge < -0.3 is 24.7 Å². The Kier molecular flexibility index (Phi) is 7.27. The van der Waals surface area contributed by atoms with Gasteiger partial charge in [-0.1, -0.05) is 19.1 Å². The van der Waals surface area contributed by atoms with Gasteiger partial charge in [0, 0.05) is 18.7 Å². The molecule has 1 aromatic heterocycles. The van der Waals surface area contributed by atoms with Crippen molar-refractivity contribution in [2.75, 3.05) is 23.4 Å². The van der Waals surface area contributed by atoms with Crippen LogP contribution in [0.5, 0.6) is 5.75 Å². The van der Waals surface area contributed by atoms with E-state index in [-0.39, 0.29) is 37.2 Å². The summed E-state index contributed by atoms with van der Waals surface area (Å²) in [5.41, 5.74) is 1.46. The van der Waals surface area contributed by atoms with Gasteiger partial charge in [-0.2, -0.15) is 0 Å². The maximum absolute atomic E-state index is 13.0. The number of carbonyl (C=O) groups is 3. The first-order valence-electron chi connectivity index (χ1n) is 11.3. The van der Waals surface area contributed by atoms with Crippen molar-refractivity contribution in [1.82, 2.24) is 5.32 Å². The summed E-state index contributed by atoms with van der Waals surface area (Å²) in [6.45, 7) is 3.18. The lowest BCUT2D eigenvalue weighted by atomic mass is 10.1. The van der Waals surface area contributed by atoms with Crippen LogP contribution in [-0.4, -0.2) is 30.9 Å². The van der Waals surface area contributed by atoms with Crippen molar-refractivity contribution in [3.05, 3.63) is 78.3 Å². The second kappa shape index (κ2) is 10.7. The first kappa shape index (κ1) is 23.1. The van der Waals surface area contributed by atoms with Crippen LogP contribution in [0.3, 0.4) is 0 Å². The average Bonchev–Trinajstić information content (AvgIpc) is 3.52. The lowest BCUT2D eigenvalue weighted by Crippen LogP contribution is -2.29. The van der Waals surface area contributed by atoms with Crippen LogP contribution in [0.15, 0.2) is 71.3 Å². The molecular formula is C26H27N3O5. The quantitative estimate of drug-likeness (QED) is 0.502. The summed E-state index contributed by atoms with van der Waals surface area (Å²) in [5, 5.41) is 5.61. The third-order valence-electron chi connectivity index (χ3n) is 5.55. The number of benzene rings is 2. The van der Waals surface area contributed by atoms with Gasteiger partial charge in [-0.25, -0.2) is 0 Å². The van der Waals surface area contributed by atoms with E-state index in [2.05, 4.69) is 10.6 Å². The van der Waals surface area contributed by atoms with E-state index in [4.69, 9.17) is 9.15 Å². The summed E-state index contributed by atoms with van der Waals surface area (Å²) in [4.78, 5) is 39.9. The first-order chi connectivity index (χ1) is 16.5. The van der Waals surface area contributed by atoms with E-state index < -0.39 is 5.92 Å². The number of ether oxygens (including phenoxy) is 1. The van der Waals surface area contributed by atoms with Crippen molar-refractivity contribution in [2.24, 2.45) is 5.92 Å². The van der Waals surface area contributed by atoms with Crippen molar-refractivity contribution in [3.63, 3.8) is 0 Å². The summed E-state index contributed by atoms with van der Waals surface area (Å²) in [7, 11) is 0. The molecule has 2 heterocycles. The van der Waals surface area contributed by atoms with Crippen LogP contribution < -0.4 is 20.3 Å². The van der Waals surface area contributed by atoms with Gasteiger partial charge >= 0.3 is 0 Å². The molecule has 4 rings (SSSR count). The Labute approximate surface area is 197 Å². The molecule has 0 spiro atoms. The number of nitrogens with zero attached hydrogens (tertiary/aromatic N) is 1. The molecule has 0 aliphatic carbocycles. The fourth-order valence-corrected chi connectivity index (χ4v) is 3.78. The SMILES string of the molecule is CCCOc1ccc(N2C[C@@H](C(=O)Nc3ccccc3C(=O)NCc3ccco3)CC2=O)cc1. The average molecular weight is 462 g/mol. The van der Waals surface area contributed by atoms with Crippen LogP contribution in [0.2, 0.25) is 0 Å². The molecule has 2 N–H and O–H groups in total. The van der Waals surface area contributed by atoms with Crippen LogP contribution in [-0.2, 0) is 16.1 Å². The highest BCUT2D eigenvalue weighted by Crippen LogP contribution is 2.28. The number of rotatable bonds is 9. The molecule has 2 aromatic carbocycles. The number of carbonyl (C=O) groups excluding carboxylic acids is 3. The van der Waals surface area contributed by atoms with Gasteiger partial charge in [-0.3, -0.25) is 14.4 Å². The molecule has 1 fully saturated rings. The van der Waals surface area contributed by atoms with E-state index >= 15 is 0 Å². The zero-order valence-electron chi connectivity index (χ0n) is 19.0. The molecule has 8 nitrogen and oxygen atoms in total. The van der Waals surface area contributed by atoms with Crippen LogP contribution >= 0.6 is 0 Å². The minimum absolute atomic E-state index is 0.104. The molecular weight excluding hydrogens is 434 g/mol. The Balaban J connectivity index is 1.38. The van der Waals surface area contributed by atoms with Gasteiger partial charge in [0.1, 0.15) is 11.5 Å². The molecule has 1 aliphatic rings. The molecule has 0 radical (unpaired) electrons. The zero-order valence-corrected chi connectivity index (χ0v) is 19.0. The molecule has 3 amide bonds. The Hall–Kier alpha value is -4.07. The van der Waals surface area contributed by atoms with Crippen molar-refractivity contribution < 1.29 is 23.5 Å². The van der Waals surface area contributed by atoms with Crippen LogP contribution in [0.25, 0.3) is 0 Å². The van der Waals surface area contributed by atoms with Gasteiger partial charge in [0.15, 0.2) is 0 Å². The first-order valence-corrected chi connectivity index (χ1v) is 11.3. The molecule has 176 valence electrons. The molecule has 1 aliphatic heterocycles. The maximum atomic E-state index is 13.0. The number of nitrogens with one attached hydrogen (secondary N) is 2. The molecule has 34 heavy (non-hydrogen) atoms. The minimum Gasteiger partial charge on any atom is -0.494 e. The maximum Gasteiger partial charge on any atom is 0.253 e. The Bertz CT molecular complexity index is 1140. The predicted molar refractivity (Wildman–Crippen MR) is 128 cm³/mol. The fourth-order valence-electron chi connectivity index (χ4n) is 3.78. The van der Waals surface area contributed by atoms with E-state index in [0.29, 0.717) is 23.6 Å². The second-order valence-electron chi connectivity index (χ2n) is 8.04. The molecule has 0 bridgehead atoms. The fraction of sp³-hybridized carbons (Fsp3) is 0.269. The third-order valence-corrected chi connectivity index (χ3v) is 5.55. The number of hydrogen-bond acceptors (Lipinski definition) is 5. The predicted octanol–water partition coefficient (Wildman–Crippen LogP) is 3.99. The number of amides is 3. The number of para-hydroxylation sites is 1. The molecule has 0 unspecified atom stereocenters. The van der Waals surface area contributed by atoms with Crippen molar-refractivity contribution in [1.29, 1.82) is 0 Å². The van der Waals surface area contributed by atoms with Crippen LogP contribution in [0.1, 0.15) is 35.9 Å². The summed E-state index contributed by atoms with van der Waals surface area (Å²) < 4.78 is 10.8. The zero-order chi connectivity index (χ0) is 23.9. The highest BCUT2D eigenvalue weighted by Gasteiger charge is 2.35. The molecule has 3 aromatic rings. The summed E-state index contributed by atoms with van der Waals surface area (Å²) in [5.74, 6) is 0.0966. The van der Waals surface area contributed by atoms with Gasteiger partial charge in [-0.05, 0) is 55.0 Å². The number of furan rings is 1. The Morgan fingerprint density at radius 2 is 1.88 bits per heavy atom. The molecule has 8 heteroatoms. The molecule has 1 atom stereocenters. The lowest BCUT2D eigenvalue weighted by Gasteiger charge is -2.18. The van der Waals surface area contributed by atoms with Crippen LogP contribution in [0, 0.1) is 5.92 Å². The standard InChI is InChI=1S/C26H27N3O5/c1-2-13-33-20-11-9-19(10-12-20)29-17-18(15-24(29)30)25(31)28-23-8-4-3-7-22(23)26(32)27-16-21-6-5-14-34-21/h3-12,14,18H,2,13,15-17H2,1H3,(H,27,32)(H,28,31)/t18-/m0/s1. The minimum atomic E-state index is -0.525. The van der Waals surface area contributed by atoms with Crippen molar-refractivity contribution in [3.8, 4) is 5.75 Å². The van der Waals surface area contributed by atoms with Gasteiger partial charge in [-0.15, -0.1) is 0 Å². The summed E-state index contributed by atoms with van der Waals surface area (Å²) in [6.07, 6.45) is 2.56. The van der Waals surface area contributed by atoms with E-state index in [1.807, 2.05) is 31.2 Å². The van der Waals surface area contributed by atoms with E-state index in [9.17, 15) is 14.4 Å². The van der Waals surface area contributed by atoms with Gasteiger partial charge in [0.25, 0.3) is 5.91 Å². The molecule has 1 saturated heterocycles. The van der Waals surface area contributed by atoms with Crippen molar-refractivity contribution in [2.45, 2.75) is 26.3 Å². The summed E-state index contributed by atoms with van der Waals surface area (Å²) in [6, 6.07) is 17.6. The van der Waals surface area contributed by atoms with Crippen molar-refractivity contribution >= 4 is 29.1 Å². The number of anilines is 2. The van der Waals surface area contributed by atoms with E-state index in [0.717, 1.165) is 17.9 Å². The molecule has 0 saturated carbocycles. The van der Waals surface area contributed by atoms with E-state index in [1.165, 1.54) is 6.26 Å². The second-order valence-corrected chi connectivity index (χ2v) is 8.04. The third kappa shape index (κ3) is 5.46. The largest absolute Gasteiger partial charge is 0.494 e. The smallest absolute Gasteiger partial charge is 0.253 e. The number of hydrogen-bond donors (Lipinski definition) is 2. The Morgan fingerprint density at radius 3 is 2.62 bits per heavy atom. The summed E-state index contributed by atoms with van der Waals surface area (Å²) >= 11 is 0. The van der Waals surface area contributed by atoms with E-state index in [1.54, 1.807) is 41.3 Å². The van der Waals surface area contributed by atoms with Gasteiger partial charge in [0.2, 0.25) is 11.8 Å². The van der Waals surface area contributed by atoms with Gasteiger partial charge in [0.05, 0.1) is 36.6 Å². The highest BCUT2D eigenvalue weighted by molar-refractivity contribution is 6.07. The highest BCUT2D eigenvalue weighted by atomic mass is 16.5. The lowest BCUT2D eigenvalue weighted by molar-refractivity contribution is -0.122. The monoisotopic (exact) mass is 461 g/mol. The Morgan fingerprint density at radius 1 is 1.09 bits per heavy atom.